The van der Waals surface area contributed by atoms with Crippen molar-refractivity contribution in [2.45, 2.75) is 13.5 Å². The lowest BCUT2D eigenvalue weighted by molar-refractivity contribution is -0.117. The molecule has 1 saturated heterocycles. The molecule has 0 saturated carbocycles. The molecule has 0 bridgehead atoms. The molecule has 1 fully saturated rings. The highest BCUT2D eigenvalue weighted by atomic mass is 32.1. The van der Waals surface area contributed by atoms with Crippen LogP contribution in [0.2, 0.25) is 0 Å². The highest BCUT2D eigenvalue weighted by Gasteiger charge is 2.21. The van der Waals surface area contributed by atoms with Crippen molar-refractivity contribution >= 4 is 23.1 Å². The molecule has 0 aliphatic carbocycles. The molecule has 27 heavy (non-hydrogen) atoms. The van der Waals surface area contributed by atoms with Gasteiger partial charge in [-0.25, -0.2) is 0 Å². The molecule has 0 unspecified atom stereocenters. The average molecular weight is 388 g/mol. The molecule has 0 radical (unpaired) electrons. The number of aromatic nitrogens is 3. The maximum Gasteiger partial charge on any atom is 0.257 e. The zero-order chi connectivity index (χ0) is 18.6. The van der Waals surface area contributed by atoms with E-state index in [1.54, 1.807) is 24.3 Å². The van der Waals surface area contributed by atoms with Gasteiger partial charge in [-0.05, 0) is 18.4 Å². The number of hydrogen-bond acceptors (Lipinski definition) is 9. The lowest BCUT2D eigenvalue weighted by atomic mass is 10.3. The van der Waals surface area contributed by atoms with Crippen LogP contribution in [0.25, 0.3) is 10.8 Å². The Balaban J connectivity index is 1.22. The number of anilines is 1. The second kappa shape index (κ2) is 7.99. The Hall–Kier alpha value is -2.56. The fraction of sp³-hybridized carbons (Fsp3) is 0.412. The van der Waals surface area contributed by atoms with Gasteiger partial charge in [-0.2, -0.15) is 0 Å². The van der Waals surface area contributed by atoms with Gasteiger partial charge in [0.15, 0.2) is 5.82 Å². The van der Waals surface area contributed by atoms with Gasteiger partial charge in [0.2, 0.25) is 11.8 Å². The van der Waals surface area contributed by atoms with Crippen molar-refractivity contribution in [1.29, 1.82) is 0 Å². The summed E-state index contributed by atoms with van der Waals surface area (Å²) in [6, 6.07) is 5.62. The first-order chi connectivity index (χ1) is 13.2. The Labute approximate surface area is 159 Å². The summed E-state index contributed by atoms with van der Waals surface area (Å²) >= 11 is 1.58. The topological polar surface area (TPSA) is 101 Å². The average Bonchev–Trinajstić information content (AvgIpc) is 3.39. The van der Waals surface area contributed by atoms with E-state index < -0.39 is 0 Å². The van der Waals surface area contributed by atoms with Crippen molar-refractivity contribution in [3.63, 3.8) is 0 Å². The molecule has 4 heterocycles. The van der Waals surface area contributed by atoms with Gasteiger partial charge >= 0.3 is 0 Å². The molecule has 142 valence electrons. The Morgan fingerprint density at radius 1 is 1.26 bits per heavy atom. The van der Waals surface area contributed by atoms with Crippen molar-refractivity contribution in [2.24, 2.45) is 0 Å². The fourth-order valence-electron chi connectivity index (χ4n) is 2.92. The summed E-state index contributed by atoms with van der Waals surface area (Å²) in [4.78, 5) is 17.4. The molecule has 3 aromatic rings. The molecule has 3 aromatic heterocycles. The van der Waals surface area contributed by atoms with E-state index in [0.717, 1.165) is 31.1 Å². The number of carbonyl (C=O) groups excluding carboxylic acids is 1. The molecule has 1 N–H and O–H groups in total. The van der Waals surface area contributed by atoms with Crippen LogP contribution in [0.1, 0.15) is 11.7 Å². The van der Waals surface area contributed by atoms with Crippen molar-refractivity contribution in [3.05, 3.63) is 35.2 Å². The number of nitrogens with one attached hydrogen (secondary N) is 1. The van der Waals surface area contributed by atoms with Crippen LogP contribution in [0.15, 0.2) is 32.5 Å². The Kier molecular flexibility index (Phi) is 5.28. The lowest BCUT2D eigenvalue weighted by Crippen LogP contribution is -2.48. The van der Waals surface area contributed by atoms with E-state index in [1.807, 2.05) is 17.5 Å². The van der Waals surface area contributed by atoms with Crippen LogP contribution in [0.5, 0.6) is 0 Å². The summed E-state index contributed by atoms with van der Waals surface area (Å²) in [6.45, 7) is 6.03. The van der Waals surface area contributed by atoms with Crippen LogP contribution in [0.4, 0.5) is 5.82 Å². The van der Waals surface area contributed by atoms with Gasteiger partial charge in [0, 0.05) is 32.2 Å². The first-order valence-electron chi connectivity index (χ1n) is 8.70. The zero-order valence-electron chi connectivity index (χ0n) is 14.9. The summed E-state index contributed by atoms with van der Waals surface area (Å²) in [7, 11) is 0. The summed E-state index contributed by atoms with van der Waals surface area (Å²) < 4.78 is 10.7. The van der Waals surface area contributed by atoms with Crippen molar-refractivity contribution in [3.8, 4) is 10.8 Å². The summed E-state index contributed by atoms with van der Waals surface area (Å²) in [5.41, 5.74) is 0. The Morgan fingerprint density at radius 3 is 2.78 bits per heavy atom. The number of thiophene rings is 1. The van der Waals surface area contributed by atoms with Gasteiger partial charge in [0.05, 0.1) is 18.0 Å². The van der Waals surface area contributed by atoms with Crippen LogP contribution >= 0.6 is 11.3 Å². The van der Waals surface area contributed by atoms with Crippen LogP contribution in [0.3, 0.4) is 0 Å². The smallest absolute Gasteiger partial charge is 0.257 e. The number of amides is 1. The van der Waals surface area contributed by atoms with Crippen LogP contribution < -0.4 is 5.32 Å². The van der Waals surface area contributed by atoms with Gasteiger partial charge in [0.25, 0.3) is 5.89 Å². The number of piperazine rings is 1. The van der Waals surface area contributed by atoms with Crippen LogP contribution in [-0.2, 0) is 11.3 Å². The van der Waals surface area contributed by atoms with E-state index in [4.69, 9.17) is 8.94 Å². The van der Waals surface area contributed by atoms with Crippen molar-refractivity contribution in [1.82, 2.24) is 25.2 Å². The quantitative estimate of drug-likeness (QED) is 0.683. The molecule has 0 atom stereocenters. The molecule has 9 nitrogen and oxygen atoms in total. The van der Waals surface area contributed by atoms with E-state index in [0.29, 0.717) is 36.4 Å². The molecule has 0 aromatic carbocycles. The van der Waals surface area contributed by atoms with E-state index in [9.17, 15) is 4.79 Å². The van der Waals surface area contributed by atoms with Crippen LogP contribution in [0, 0.1) is 6.92 Å². The highest BCUT2D eigenvalue weighted by molar-refractivity contribution is 7.13. The van der Waals surface area contributed by atoms with Gasteiger partial charge < -0.3 is 14.3 Å². The standard InChI is InChI=1S/C17H20N6O3S/c1-12-9-14(21-26-12)18-15(24)10-22-4-6-23(7-5-22)11-16-19-20-17(25-16)13-3-2-8-27-13/h2-3,8-9H,4-7,10-11H2,1H3,(H,18,21,24). The number of rotatable bonds is 6. The summed E-state index contributed by atoms with van der Waals surface area (Å²) in [6.07, 6.45) is 0. The predicted molar refractivity (Wildman–Crippen MR) is 99.2 cm³/mol. The normalized spacial score (nSPS) is 15.9. The second-order valence-electron chi connectivity index (χ2n) is 6.40. The SMILES string of the molecule is Cc1cc(NC(=O)CN2CCN(Cc3nnc(-c4cccs4)o3)CC2)no1. The van der Waals surface area contributed by atoms with E-state index in [2.05, 4.69) is 30.5 Å². The largest absolute Gasteiger partial charge is 0.419 e. The maximum absolute atomic E-state index is 12.1. The molecule has 1 aliphatic rings. The molecule has 1 aliphatic heterocycles. The number of aryl methyl sites for hydroxylation is 1. The molecule has 10 heteroatoms. The van der Waals surface area contributed by atoms with Gasteiger partial charge in [-0.15, -0.1) is 21.5 Å². The monoisotopic (exact) mass is 388 g/mol. The van der Waals surface area contributed by atoms with Gasteiger partial charge in [-0.3, -0.25) is 14.6 Å². The Bertz CT molecular complexity index is 882. The minimum Gasteiger partial charge on any atom is -0.419 e. The van der Waals surface area contributed by atoms with E-state index in [-0.39, 0.29) is 5.91 Å². The highest BCUT2D eigenvalue weighted by Crippen LogP contribution is 2.23. The third-order valence-corrected chi connectivity index (χ3v) is 5.14. The summed E-state index contributed by atoms with van der Waals surface area (Å²) in [5, 5.41) is 16.7. The van der Waals surface area contributed by atoms with E-state index in [1.165, 1.54) is 0 Å². The van der Waals surface area contributed by atoms with Crippen molar-refractivity contribution < 1.29 is 13.7 Å². The minimum absolute atomic E-state index is 0.0887. The number of hydrogen-bond donors (Lipinski definition) is 1. The zero-order valence-corrected chi connectivity index (χ0v) is 15.7. The Morgan fingerprint density at radius 2 is 2.07 bits per heavy atom. The first-order valence-corrected chi connectivity index (χ1v) is 9.58. The van der Waals surface area contributed by atoms with E-state index >= 15 is 0 Å². The predicted octanol–water partition coefficient (Wildman–Crippen LogP) is 1.85. The molecular formula is C17H20N6O3S. The maximum atomic E-state index is 12.1. The van der Waals surface area contributed by atoms with Crippen molar-refractivity contribution in [2.75, 3.05) is 38.0 Å². The third-order valence-electron chi connectivity index (χ3n) is 4.29. The van der Waals surface area contributed by atoms with Gasteiger partial charge in [0.1, 0.15) is 5.76 Å². The molecule has 1 amide bonds. The molecule has 0 spiro atoms. The number of carbonyl (C=O) groups is 1. The molecule has 4 rings (SSSR count). The first kappa shape index (κ1) is 17.8. The third kappa shape index (κ3) is 4.59. The summed E-state index contributed by atoms with van der Waals surface area (Å²) in [5.74, 6) is 2.22. The van der Waals surface area contributed by atoms with Gasteiger partial charge in [-0.1, -0.05) is 11.2 Å². The van der Waals surface area contributed by atoms with Crippen LogP contribution in [-0.4, -0.2) is 63.8 Å². The number of nitrogens with zero attached hydrogens (tertiary/aromatic N) is 5. The lowest BCUT2D eigenvalue weighted by Gasteiger charge is -2.33. The second-order valence-corrected chi connectivity index (χ2v) is 7.35. The molecular weight excluding hydrogens is 368 g/mol. The minimum atomic E-state index is -0.0887. The fourth-order valence-corrected chi connectivity index (χ4v) is 3.57.